The van der Waals surface area contributed by atoms with E-state index in [4.69, 9.17) is 23.9 Å². The number of aliphatic imine (C=N–C) groups is 1. The lowest BCUT2D eigenvalue weighted by molar-refractivity contribution is -0.137. The van der Waals surface area contributed by atoms with Crippen molar-refractivity contribution in [3.63, 3.8) is 0 Å². The number of hydrogen-bond donors (Lipinski definition) is 5. The second-order valence-corrected chi connectivity index (χ2v) is 20.6. The molecule has 0 saturated heterocycles. The number of ether oxygens (including phenoxy) is 4. The summed E-state index contributed by atoms with van der Waals surface area (Å²) in [5, 5.41) is 21.0. The van der Waals surface area contributed by atoms with E-state index in [2.05, 4.69) is 21.3 Å². The molecule has 4 aromatic rings. The van der Waals surface area contributed by atoms with Crippen LogP contribution in [0, 0.1) is 5.92 Å². The van der Waals surface area contributed by atoms with Gasteiger partial charge in [0.05, 0.1) is 67.6 Å². The van der Waals surface area contributed by atoms with Crippen LogP contribution < -0.4 is 40.2 Å². The zero-order valence-electron chi connectivity index (χ0n) is 45.6. The number of anilines is 2. The lowest BCUT2D eigenvalue weighted by Gasteiger charge is -2.24. The highest BCUT2D eigenvalue weighted by Gasteiger charge is 2.37. The normalized spacial score (nSPS) is 17.6. The molecule has 0 radical (unpaired) electrons. The Morgan fingerprint density at radius 1 is 0.704 bits per heavy atom. The summed E-state index contributed by atoms with van der Waals surface area (Å²) in [4.78, 5) is 111. The van der Waals surface area contributed by atoms with Crippen molar-refractivity contribution < 1.29 is 62.4 Å². The van der Waals surface area contributed by atoms with Gasteiger partial charge in [0.2, 0.25) is 17.7 Å². The Morgan fingerprint density at radius 2 is 1.32 bits per heavy atom. The standard InChI is InChI=1S/C60H64N8O13/c1-34(2)55(65-52(69)10-7-6-8-21-66-53(70)19-20-54(66)71)57(73)63-35(3)56(72)64-41-17-15-37(16-18-41)40-25-43-31-62-47-29-51(49(79-5)27-45(47)59(75)68(43)33-40)81-23-9-22-80-50-28-46-44(26-48(50)78-4)58(74)67-32-39(24-42(67)30-61-46)36-11-13-38(14-12-36)60(76)77/h11-20,26-29,31-35,42-43,55,61H,6-10,21-25,30H2,1-5H3,(H,63,73)(H,64,72)(H,65,69)(H,76,77)/t35-,42-,43-,55-/m0/s1. The summed E-state index contributed by atoms with van der Waals surface area (Å²) in [6, 6.07) is 18.2. The van der Waals surface area contributed by atoms with Crippen LogP contribution in [-0.2, 0) is 24.0 Å². The van der Waals surface area contributed by atoms with Gasteiger partial charge >= 0.3 is 5.97 Å². The van der Waals surface area contributed by atoms with Crippen molar-refractivity contribution in [1.82, 2.24) is 25.3 Å². The molecule has 0 bridgehead atoms. The van der Waals surface area contributed by atoms with Crippen LogP contribution in [0.3, 0.4) is 0 Å². The fourth-order valence-electron chi connectivity index (χ4n) is 10.2. The Balaban J connectivity index is 0.738. The molecule has 0 fully saturated rings. The van der Waals surface area contributed by atoms with Gasteiger partial charge < -0.3 is 55.1 Å². The number of hydrogen-bond acceptors (Lipinski definition) is 14. The average molecular weight is 1110 g/mol. The third kappa shape index (κ3) is 12.8. The fraction of sp³-hybridized carbons (Fsp3) is 0.350. The van der Waals surface area contributed by atoms with Crippen LogP contribution >= 0.6 is 0 Å². The van der Waals surface area contributed by atoms with E-state index >= 15 is 0 Å². The summed E-state index contributed by atoms with van der Waals surface area (Å²) < 4.78 is 23.7. The van der Waals surface area contributed by atoms with Crippen molar-refractivity contribution in [2.45, 2.75) is 89.9 Å². The van der Waals surface area contributed by atoms with E-state index in [9.17, 15) is 43.5 Å². The fourth-order valence-corrected chi connectivity index (χ4v) is 10.2. The summed E-state index contributed by atoms with van der Waals surface area (Å²) in [6.07, 6.45) is 11.2. The number of carboxylic acid groups (broad SMARTS) is 1. The van der Waals surface area contributed by atoms with Gasteiger partial charge in [-0.2, -0.15) is 0 Å². The Morgan fingerprint density at radius 3 is 1.98 bits per heavy atom. The first-order chi connectivity index (χ1) is 39.0. The number of nitrogens with zero attached hydrogens (tertiary/aromatic N) is 4. The highest BCUT2D eigenvalue weighted by Crippen LogP contribution is 2.42. The number of carboxylic acids is 1. The molecule has 4 aromatic carbocycles. The number of benzene rings is 4. The molecule has 5 aliphatic heterocycles. The lowest BCUT2D eigenvalue weighted by Crippen LogP contribution is -2.53. The van der Waals surface area contributed by atoms with Crippen LogP contribution in [0.5, 0.6) is 23.0 Å². The second-order valence-electron chi connectivity index (χ2n) is 20.6. The smallest absolute Gasteiger partial charge is 0.335 e. The molecule has 21 heteroatoms. The van der Waals surface area contributed by atoms with Gasteiger partial charge in [-0.05, 0) is 90.8 Å². The van der Waals surface area contributed by atoms with Gasteiger partial charge in [0.25, 0.3) is 23.6 Å². The average Bonchev–Trinajstić information content (AvgIpc) is 4.17. The van der Waals surface area contributed by atoms with Gasteiger partial charge in [0.15, 0.2) is 23.0 Å². The summed E-state index contributed by atoms with van der Waals surface area (Å²) in [5.41, 5.74) is 6.02. The van der Waals surface area contributed by atoms with Crippen LogP contribution in [0.15, 0.2) is 102 Å². The molecule has 9 rings (SSSR count). The summed E-state index contributed by atoms with van der Waals surface area (Å²) in [7, 11) is 3.01. The molecule has 0 aromatic heterocycles. The van der Waals surface area contributed by atoms with Gasteiger partial charge in [0.1, 0.15) is 12.1 Å². The number of unbranched alkanes of at least 4 members (excludes halogenated alkanes) is 2. The van der Waals surface area contributed by atoms with Crippen LogP contribution in [0.1, 0.15) is 108 Å². The van der Waals surface area contributed by atoms with Crippen molar-refractivity contribution in [1.29, 1.82) is 0 Å². The van der Waals surface area contributed by atoms with Crippen LogP contribution in [0.2, 0.25) is 0 Å². The summed E-state index contributed by atoms with van der Waals surface area (Å²) in [6.45, 7) is 6.40. The Kier molecular flexibility index (Phi) is 17.3. The lowest BCUT2D eigenvalue weighted by atomic mass is 10.0. The molecule has 0 saturated carbocycles. The second kappa shape index (κ2) is 24.8. The van der Waals surface area contributed by atoms with Gasteiger partial charge in [-0.15, -0.1) is 0 Å². The van der Waals surface area contributed by atoms with Gasteiger partial charge in [0, 0.05) is 80.9 Å². The number of amides is 7. The molecule has 5 heterocycles. The highest BCUT2D eigenvalue weighted by atomic mass is 16.5. The largest absolute Gasteiger partial charge is 0.493 e. The molecule has 5 aliphatic rings. The van der Waals surface area contributed by atoms with Crippen molar-refractivity contribution in [3.05, 3.63) is 125 Å². The number of nitrogens with one attached hydrogen (secondary N) is 4. The van der Waals surface area contributed by atoms with Crippen LogP contribution in [-0.4, -0.2) is 138 Å². The number of methoxy groups -OCH3 is 2. The third-order valence-corrected chi connectivity index (χ3v) is 14.7. The molecule has 0 spiro atoms. The monoisotopic (exact) mass is 1100 g/mol. The number of carbonyl (C=O) groups excluding carboxylic acids is 7. The quantitative estimate of drug-likeness (QED) is 0.0371. The number of fused-ring (bicyclic) bond motifs is 4. The van der Waals surface area contributed by atoms with E-state index in [0.29, 0.717) is 96.3 Å². The summed E-state index contributed by atoms with van der Waals surface area (Å²) >= 11 is 0. The predicted octanol–water partition coefficient (Wildman–Crippen LogP) is 6.97. The maximum Gasteiger partial charge on any atom is 0.335 e. The zero-order chi connectivity index (χ0) is 57.5. The molecule has 7 amide bonds. The maximum absolute atomic E-state index is 14.1. The van der Waals surface area contributed by atoms with Crippen molar-refractivity contribution in [2.24, 2.45) is 10.9 Å². The van der Waals surface area contributed by atoms with Crippen molar-refractivity contribution in [3.8, 4) is 23.0 Å². The maximum atomic E-state index is 14.1. The van der Waals surface area contributed by atoms with Gasteiger partial charge in [-0.25, -0.2) is 4.79 Å². The minimum Gasteiger partial charge on any atom is -0.493 e. The number of carbonyl (C=O) groups is 8. The number of imide groups is 1. The minimum absolute atomic E-state index is 0.148. The Hall–Kier alpha value is -9.27. The van der Waals surface area contributed by atoms with E-state index in [1.54, 1.807) is 104 Å². The Labute approximate surface area is 468 Å². The highest BCUT2D eigenvalue weighted by molar-refractivity contribution is 6.13. The van der Waals surface area contributed by atoms with E-state index in [-0.39, 0.29) is 79.3 Å². The Bertz CT molecular complexity index is 3260. The van der Waals surface area contributed by atoms with Gasteiger partial charge in [-0.1, -0.05) is 44.5 Å². The first kappa shape index (κ1) is 56.5. The summed E-state index contributed by atoms with van der Waals surface area (Å²) in [5.74, 6) is -2.08. The van der Waals surface area contributed by atoms with Crippen molar-refractivity contribution >= 4 is 81.7 Å². The first-order valence-corrected chi connectivity index (χ1v) is 26.9. The van der Waals surface area contributed by atoms with E-state index in [1.165, 1.54) is 26.4 Å². The van der Waals surface area contributed by atoms with Gasteiger partial charge in [-0.3, -0.25) is 43.5 Å². The van der Waals surface area contributed by atoms with E-state index in [1.807, 2.05) is 18.3 Å². The molecule has 0 unspecified atom stereocenters. The SMILES string of the molecule is COc1cc2c(cc1OCCCOc1cc3c(cc1OC)C(=O)N1C=C(c4ccc(C(=O)O)cc4)C[C@H]1CN3)N=C[C@@H]1CC(c3ccc(NC(=O)[C@H](C)NC(=O)[C@@H](NC(=O)CCCCCN4C(=O)C=CC4=O)C(C)C)cc3)=CN1C2=O. The molecule has 422 valence electrons. The minimum atomic E-state index is -1.00. The molecule has 0 aliphatic carbocycles. The molecule has 81 heavy (non-hydrogen) atoms. The molecular formula is C60H64N8O13. The van der Waals surface area contributed by atoms with Crippen molar-refractivity contribution in [2.75, 3.05) is 51.2 Å². The molecule has 4 atom stereocenters. The van der Waals surface area contributed by atoms with Crippen LogP contribution in [0.4, 0.5) is 17.1 Å². The van der Waals surface area contributed by atoms with Crippen LogP contribution in [0.25, 0.3) is 11.1 Å². The molecular weight excluding hydrogens is 1040 g/mol. The van der Waals surface area contributed by atoms with E-state index < -0.39 is 29.9 Å². The topological polar surface area (TPSA) is 264 Å². The molecule has 21 nitrogen and oxygen atoms in total. The predicted molar refractivity (Wildman–Crippen MR) is 301 cm³/mol. The van der Waals surface area contributed by atoms with E-state index in [0.717, 1.165) is 27.2 Å². The zero-order valence-corrected chi connectivity index (χ0v) is 45.6. The molecule has 5 N–H and O–H groups in total. The number of aromatic carboxylic acids is 1. The number of rotatable bonds is 23. The third-order valence-electron chi connectivity index (χ3n) is 14.7. The first-order valence-electron chi connectivity index (χ1n) is 26.9.